The molecule has 2 N–H and O–H groups in total. The van der Waals surface area contributed by atoms with E-state index in [0.717, 1.165) is 50.2 Å². The van der Waals surface area contributed by atoms with Gasteiger partial charge in [0.2, 0.25) is 0 Å². The lowest BCUT2D eigenvalue weighted by atomic mass is 9.73. The van der Waals surface area contributed by atoms with E-state index in [1.807, 2.05) is 18.2 Å². The SMILES string of the molecule is COc1ccc2c(c1)n(C)c(=O)n2-c1nc(C(=O)Nc2cnccc2N2CCC3(CC2)CNC3)cs1. The molecule has 2 saturated heterocycles. The van der Waals surface area contributed by atoms with Crippen molar-refractivity contribution in [2.24, 2.45) is 12.5 Å². The Morgan fingerprint density at radius 2 is 2.00 bits per heavy atom. The number of nitrogens with zero attached hydrogens (tertiary/aromatic N) is 5. The first-order valence-electron chi connectivity index (χ1n) is 11.9. The van der Waals surface area contributed by atoms with Gasteiger partial charge in [-0.05, 0) is 36.5 Å². The lowest BCUT2D eigenvalue weighted by Crippen LogP contribution is -2.58. The zero-order valence-corrected chi connectivity index (χ0v) is 21.0. The van der Waals surface area contributed by atoms with Crippen LogP contribution in [0.3, 0.4) is 0 Å². The number of amides is 1. The number of benzene rings is 1. The summed E-state index contributed by atoms with van der Waals surface area (Å²) in [6.45, 7) is 4.09. The van der Waals surface area contributed by atoms with Crippen LogP contribution in [0.25, 0.3) is 16.2 Å². The number of hydrogen-bond donors (Lipinski definition) is 2. The van der Waals surface area contributed by atoms with Gasteiger partial charge in [-0.3, -0.25) is 14.3 Å². The van der Waals surface area contributed by atoms with Crippen molar-refractivity contribution in [3.8, 4) is 10.9 Å². The number of nitrogens with one attached hydrogen (secondary N) is 2. The quantitative estimate of drug-likeness (QED) is 0.430. The van der Waals surface area contributed by atoms with E-state index < -0.39 is 0 Å². The van der Waals surface area contributed by atoms with Crippen LogP contribution in [0, 0.1) is 5.41 Å². The van der Waals surface area contributed by atoms with Gasteiger partial charge in [0.15, 0.2) is 5.13 Å². The summed E-state index contributed by atoms with van der Waals surface area (Å²) in [6, 6.07) is 7.37. The molecule has 0 aliphatic carbocycles. The molecule has 2 aliphatic rings. The van der Waals surface area contributed by atoms with E-state index in [1.54, 1.807) is 42.6 Å². The Morgan fingerprint density at radius 1 is 1.19 bits per heavy atom. The van der Waals surface area contributed by atoms with Crippen molar-refractivity contribution in [3.63, 3.8) is 0 Å². The molecular weight excluding hydrogens is 478 g/mol. The third-order valence-electron chi connectivity index (χ3n) is 7.39. The number of pyridine rings is 1. The Morgan fingerprint density at radius 3 is 2.72 bits per heavy atom. The molecule has 0 saturated carbocycles. The Balaban J connectivity index is 1.24. The Bertz CT molecular complexity index is 1510. The van der Waals surface area contributed by atoms with Gasteiger partial charge in [-0.2, -0.15) is 0 Å². The van der Waals surface area contributed by atoms with Gasteiger partial charge < -0.3 is 20.3 Å². The van der Waals surface area contributed by atoms with Gasteiger partial charge in [0.1, 0.15) is 11.4 Å². The first-order valence-corrected chi connectivity index (χ1v) is 12.8. The second kappa shape index (κ2) is 8.75. The van der Waals surface area contributed by atoms with E-state index >= 15 is 0 Å². The van der Waals surface area contributed by atoms with Crippen LogP contribution in [-0.2, 0) is 7.05 Å². The Labute approximate surface area is 211 Å². The minimum absolute atomic E-state index is 0.237. The molecule has 0 unspecified atom stereocenters. The molecule has 1 amide bonds. The van der Waals surface area contributed by atoms with E-state index in [2.05, 4.69) is 25.5 Å². The summed E-state index contributed by atoms with van der Waals surface area (Å²) in [4.78, 5) is 37.2. The third kappa shape index (κ3) is 3.75. The van der Waals surface area contributed by atoms with Crippen molar-refractivity contribution in [3.05, 3.63) is 58.2 Å². The van der Waals surface area contributed by atoms with Crippen LogP contribution in [0.5, 0.6) is 5.75 Å². The van der Waals surface area contributed by atoms with E-state index in [1.165, 1.54) is 15.9 Å². The normalized spacial score (nSPS) is 16.8. The summed E-state index contributed by atoms with van der Waals surface area (Å²) in [6.07, 6.45) is 5.70. The zero-order valence-electron chi connectivity index (χ0n) is 20.2. The molecule has 5 heterocycles. The molecular formula is C25H27N7O3S. The van der Waals surface area contributed by atoms with E-state index in [-0.39, 0.29) is 17.3 Å². The van der Waals surface area contributed by atoms with Crippen molar-refractivity contribution >= 4 is 39.7 Å². The number of piperidine rings is 1. The van der Waals surface area contributed by atoms with Crippen LogP contribution in [0.1, 0.15) is 23.3 Å². The lowest BCUT2D eigenvalue weighted by Gasteiger charge is -2.49. The second-order valence-corrected chi connectivity index (χ2v) is 10.3. The number of hydrogen-bond acceptors (Lipinski definition) is 8. The molecule has 1 spiro atoms. The van der Waals surface area contributed by atoms with Crippen molar-refractivity contribution in [2.45, 2.75) is 12.8 Å². The van der Waals surface area contributed by atoms with Crippen molar-refractivity contribution in [1.82, 2.24) is 24.4 Å². The fourth-order valence-corrected chi connectivity index (χ4v) is 5.91. The van der Waals surface area contributed by atoms with Crippen LogP contribution in [-0.4, -0.2) is 58.3 Å². The predicted molar refractivity (Wildman–Crippen MR) is 140 cm³/mol. The largest absolute Gasteiger partial charge is 0.497 e. The molecule has 6 rings (SSSR count). The molecule has 1 aromatic carbocycles. The van der Waals surface area contributed by atoms with Crippen LogP contribution < -0.4 is 26.0 Å². The van der Waals surface area contributed by atoms with E-state index in [9.17, 15) is 9.59 Å². The number of carbonyl (C=O) groups is 1. The smallest absolute Gasteiger partial charge is 0.335 e. The number of imidazole rings is 1. The van der Waals surface area contributed by atoms with Crippen LogP contribution in [0.15, 0.2) is 46.8 Å². The van der Waals surface area contributed by atoms with Gasteiger partial charge in [-0.15, -0.1) is 11.3 Å². The molecule has 2 fully saturated rings. The summed E-state index contributed by atoms with van der Waals surface area (Å²) < 4.78 is 8.36. The third-order valence-corrected chi connectivity index (χ3v) is 8.22. The maximum absolute atomic E-state index is 13.2. The Kier molecular flexibility index (Phi) is 5.53. The van der Waals surface area contributed by atoms with Gasteiger partial charge in [0.25, 0.3) is 5.91 Å². The van der Waals surface area contributed by atoms with E-state index in [4.69, 9.17) is 4.74 Å². The monoisotopic (exact) mass is 505 g/mol. The summed E-state index contributed by atoms with van der Waals surface area (Å²) in [5.74, 6) is 0.327. The number of ether oxygens (including phenoxy) is 1. The van der Waals surface area contributed by atoms with Gasteiger partial charge >= 0.3 is 5.69 Å². The first kappa shape index (κ1) is 22.7. The molecule has 36 heavy (non-hydrogen) atoms. The highest BCUT2D eigenvalue weighted by molar-refractivity contribution is 7.12. The number of rotatable bonds is 5. The average molecular weight is 506 g/mol. The highest BCUT2D eigenvalue weighted by Crippen LogP contribution is 2.38. The summed E-state index contributed by atoms with van der Waals surface area (Å²) >= 11 is 1.25. The number of aryl methyl sites for hydroxylation is 1. The Hall–Kier alpha value is -3.70. The molecule has 3 aromatic heterocycles. The summed E-state index contributed by atoms with van der Waals surface area (Å²) in [5.41, 5.74) is 3.50. The molecule has 0 radical (unpaired) electrons. The van der Waals surface area contributed by atoms with Crippen molar-refractivity contribution < 1.29 is 9.53 Å². The molecule has 0 atom stereocenters. The number of thiazole rings is 1. The van der Waals surface area contributed by atoms with Crippen molar-refractivity contribution in [1.29, 1.82) is 0 Å². The van der Waals surface area contributed by atoms with E-state index in [0.29, 0.717) is 27.5 Å². The number of fused-ring (bicyclic) bond motifs is 1. The second-order valence-electron chi connectivity index (χ2n) is 9.48. The fourth-order valence-electron chi connectivity index (χ4n) is 5.10. The maximum Gasteiger partial charge on any atom is 0.335 e. The summed E-state index contributed by atoms with van der Waals surface area (Å²) in [5, 5.41) is 8.49. The molecule has 11 heteroatoms. The molecule has 0 bridgehead atoms. The molecule has 10 nitrogen and oxygen atoms in total. The minimum Gasteiger partial charge on any atom is -0.497 e. The fraction of sp³-hybridized carbons (Fsp3) is 0.360. The van der Waals surface area contributed by atoms with Crippen LogP contribution in [0.2, 0.25) is 0 Å². The average Bonchev–Trinajstić information content (AvgIpc) is 3.46. The summed E-state index contributed by atoms with van der Waals surface area (Å²) in [7, 11) is 3.29. The van der Waals surface area contributed by atoms with Gasteiger partial charge in [-0.1, -0.05) is 0 Å². The molecule has 186 valence electrons. The standard InChI is InChI=1S/C25H27N7O3S/c1-30-21-11-16(35-2)3-4-20(21)32(24(30)34)23-29-18(13-36-23)22(33)28-17-12-26-8-5-19(17)31-9-6-25(7-10-31)14-27-15-25/h3-5,8,11-13,27H,6-7,9-10,14-15H2,1-2H3,(H,28,33). The van der Waals surface area contributed by atoms with Crippen LogP contribution >= 0.6 is 11.3 Å². The number of anilines is 2. The number of aromatic nitrogens is 4. The maximum atomic E-state index is 13.2. The lowest BCUT2D eigenvalue weighted by molar-refractivity contribution is 0.102. The highest BCUT2D eigenvalue weighted by atomic mass is 32.1. The molecule has 4 aromatic rings. The highest BCUT2D eigenvalue weighted by Gasteiger charge is 2.40. The minimum atomic E-state index is -0.335. The van der Waals surface area contributed by atoms with Gasteiger partial charge in [0.05, 0.1) is 35.7 Å². The van der Waals surface area contributed by atoms with Crippen LogP contribution in [0.4, 0.5) is 11.4 Å². The topological polar surface area (TPSA) is 106 Å². The molecule has 2 aliphatic heterocycles. The van der Waals surface area contributed by atoms with Gasteiger partial charge in [0, 0.05) is 50.9 Å². The first-order chi connectivity index (χ1) is 17.5. The van der Waals surface area contributed by atoms with Gasteiger partial charge in [-0.25, -0.2) is 14.3 Å². The number of methoxy groups -OCH3 is 1. The predicted octanol–water partition coefficient (Wildman–Crippen LogP) is 2.63. The van der Waals surface area contributed by atoms with Crippen molar-refractivity contribution in [2.75, 3.05) is 43.5 Å². The number of carbonyl (C=O) groups excluding carboxylic acids is 1. The zero-order chi connectivity index (χ0) is 24.9.